The predicted octanol–water partition coefficient (Wildman–Crippen LogP) is 1.45. The van der Waals surface area contributed by atoms with Crippen LogP contribution in [0.25, 0.3) is 0 Å². The average molecular weight is 291 g/mol. The quantitative estimate of drug-likeness (QED) is 0.834. The molecule has 2 rings (SSSR count). The normalized spacial score (nSPS) is 21.8. The highest BCUT2D eigenvalue weighted by Gasteiger charge is 2.33. The van der Waals surface area contributed by atoms with E-state index in [1.165, 1.54) is 0 Å². The van der Waals surface area contributed by atoms with Crippen molar-refractivity contribution in [2.75, 3.05) is 39.5 Å². The molecule has 5 heteroatoms. The first kappa shape index (κ1) is 15.6. The molecule has 0 saturated carbocycles. The maximum atomic E-state index is 12.2. The molecule has 1 aromatic carbocycles. The van der Waals surface area contributed by atoms with Crippen LogP contribution in [-0.4, -0.2) is 55.5 Å². The van der Waals surface area contributed by atoms with Crippen LogP contribution in [0.5, 0.6) is 5.75 Å². The lowest BCUT2D eigenvalue weighted by Gasteiger charge is -2.22. The Balaban J connectivity index is 1.78. The second-order valence-electron chi connectivity index (χ2n) is 5.98. The van der Waals surface area contributed by atoms with Crippen LogP contribution in [0.4, 0.5) is 5.69 Å². The number of nitrogens with two attached hydrogens (primary N) is 1. The second-order valence-corrected chi connectivity index (χ2v) is 5.98. The zero-order valence-corrected chi connectivity index (χ0v) is 13.1. The van der Waals surface area contributed by atoms with E-state index in [0.717, 1.165) is 13.1 Å². The van der Waals surface area contributed by atoms with Gasteiger partial charge in [-0.05, 0) is 32.1 Å². The summed E-state index contributed by atoms with van der Waals surface area (Å²) in [5.41, 5.74) is 6.36. The van der Waals surface area contributed by atoms with Crippen molar-refractivity contribution in [1.82, 2.24) is 9.80 Å². The smallest absolute Gasteiger partial charge is 0.226 e. The average Bonchev–Trinajstić information content (AvgIpc) is 2.81. The summed E-state index contributed by atoms with van der Waals surface area (Å²) in [5.74, 6) is 1.39. The molecule has 5 nitrogen and oxygen atoms in total. The number of likely N-dealkylation sites (N-methyl/N-ethyl adjacent to an activating group) is 1. The van der Waals surface area contributed by atoms with E-state index in [9.17, 15) is 4.79 Å². The van der Waals surface area contributed by atoms with Crippen LogP contribution in [0.1, 0.15) is 13.3 Å². The van der Waals surface area contributed by atoms with Crippen LogP contribution in [0.15, 0.2) is 24.3 Å². The van der Waals surface area contributed by atoms with Gasteiger partial charge in [-0.1, -0.05) is 13.0 Å². The first-order chi connectivity index (χ1) is 9.97. The Kier molecular flexibility index (Phi) is 5.07. The van der Waals surface area contributed by atoms with Crippen LogP contribution in [0, 0.1) is 5.92 Å². The Labute approximate surface area is 126 Å². The largest absolute Gasteiger partial charge is 0.493 e. The molecule has 1 aromatic rings. The number of amides is 1. The van der Waals surface area contributed by atoms with E-state index in [2.05, 4.69) is 25.9 Å². The molecular formula is C16H25N3O2. The SMILES string of the molecule is CC1CN(C(=O)CCOc2cccc(N)c2)CC1N(C)C. The van der Waals surface area contributed by atoms with Crippen LogP contribution in [0.3, 0.4) is 0 Å². The molecule has 1 aliphatic heterocycles. The fourth-order valence-corrected chi connectivity index (χ4v) is 2.84. The predicted molar refractivity (Wildman–Crippen MR) is 84.2 cm³/mol. The molecule has 2 unspecified atom stereocenters. The van der Waals surface area contributed by atoms with Crippen LogP contribution < -0.4 is 10.5 Å². The van der Waals surface area contributed by atoms with Crippen molar-refractivity contribution in [3.8, 4) is 5.75 Å². The van der Waals surface area contributed by atoms with Gasteiger partial charge in [0.25, 0.3) is 0 Å². The highest BCUT2D eigenvalue weighted by molar-refractivity contribution is 5.76. The zero-order chi connectivity index (χ0) is 15.4. The number of carbonyl (C=O) groups is 1. The fraction of sp³-hybridized carbons (Fsp3) is 0.562. The van der Waals surface area contributed by atoms with Gasteiger partial charge in [0, 0.05) is 30.9 Å². The molecule has 2 N–H and O–H groups in total. The van der Waals surface area contributed by atoms with Crippen LogP contribution in [-0.2, 0) is 4.79 Å². The van der Waals surface area contributed by atoms with Crippen molar-refractivity contribution >= 4 is 11.6 Å². The van der Waals surface area contributed by atoms with Crippen molar-refractivity contribution in [1.29, 1.82) is 0 Å². The van der Waals surface area contributed by atoms with Gasteiger partial charge >= 0.3 is 0 Å². The first-order valence-electron chi connectivity index (χ1n) is 7.40. The number of rotatable bonds is 5. The number of ether oxygens (including phenoxy) is 1. The third kappa shape index (κ3) is 4.11. The Hall–Kier alpha value is -1.75. The van der Waals surface area contributed by atoms with Gasteiger partial charge in [-0.3, -0.25) is 4.79 Å². The molecule has 0 spiro atoms. The number of anilines is 1. The van der Waals surface area contributed by atoms with E-state index in [1.807, 2.05) is 23.1 Å². The topological polar surface area (TPSA) is 58.8 Å². The van der Waals surface area contributed by atoms with Crippen LogP contribution >= 0.6 is 0 Å². The number of carbonyl (C=O) groups excluding carboxylic acids is 1. The maximum absolute atomic E-state index is 12.2. The standard InChI is InChI=1S/C16H25N3O2/c1-12-10-19(11-15(12)18(2)3)16(20)7-8-21-14-6-4-5-13(17)9-14/h4-6,9,12,15H,7-8,10-11,17H2,1-3H3. The van der Waals surface area contributed by atoms with Crippen LogP contribution in [0.2, 0.25) is 0 Å². The summed E-state index contributed by atoms with van der Waals surface area (Å²) >= 11 is 0. The molecule has 116 valence electrons. The van der Waals surface area contributed by atoms with E-state index in [4.69, 9.17) is 10.5 Å². The minimum Gasteiger partial charge on any atom is -0.493 e. The zero-order valence-electron chi connectivity index (χ0n) is 13.1. The lowest BCUT2D eigenvalue weighted by atomic mass is 10.1. The number of benzene rings is 1. The summed E-state index contributed by atoms with van der Waals surface area (Å²) in [4.78, 5) is 16.4. The highest BCUT2D eigenvalue weighted by atomic mass is 16.5. The van der Waals surface area contributed by atoms with Gasteiger partial charge in [-0.2, -0.15) is 0 Å². The third-order valence-electron chi connectivity index (χ3n) is 4.03. The number of hydrogen-bond acceptors (Lipinski definition) is 4. The first-order valence-corrected chi connectivity index (χ1v) is 7.40. The van der Waals surface area contributed by atoms with Gasteiger partial charge in [0.05, 0.1) is 13.0 Å². The van der Waals surface area contributed by atoms with Crippen molar-refractivity contribution in [2.45, 2.75) is 19.4 Å². The number of hydrogen-bond donors (Lipinski definition) is 1. The van der Waals surface area contributed by atoms with E-state index < -0.39 is 0 Å². The summed E-state index contributed by atoms with van der Waals surface area (Å²) in [6, 6.07) is 7.72. The molecule has 1 saturated heterocycles. The van der Waals surface area contributed by atoms with Gasteiger partial charge in [0.1, 0.15) is 5.75 Å². The molecule has 1 amide bonds. The molecule has 2 atom stereocenters. The van der Waals surface area contributed by atoms with Gasteiger partial charge < -0.3 is 20.3 Å². The summed E-state index contributed by atoms with van der Waals surface area (Å²) < 4.78 is 5.58. The molecule has 0 aliphatic carbocycles. The van der Waals surface area contributed by atoms with E-state index in [0.29, 0.717) is 36.4 Å². The minimum absolute atomic E-state index is 0.162. The monoisotopic (exact) mass is 291 g/mol. The summed E-state index contributed by atoms with van der Waals surface area (Å²) in [7, 11) is 4.14. The number of nitrogens with zero attached hydrogens (tertiary/aromatic N) is 2. The van der Waals surface area contributed by atoms with Crippen molar-refractivity contribution in [3.63, 3.8) is 0 Å². The fourth-order valence-electron chi connectivity index (χ4n) is 2.84. The third-order valence-corrected chi connectivity index (χ3v) is 4.03. The lowest BCUT2D eigenvalue weighted by Crippen LogP contribution is -2.36. The molecule has 0 aromatic heterocycles. The molecule has 0 bridgehead atoms. The lowest BCUT2D eigenvalue weighted by molar-refractivity contribution is -0.130. The summed E-state index contributed by atoms with van der Waals surface area (Å²) in [6.07, 6.45) is 0.404. The van der Waals surface area contributed by atoms with Crippen molar-refractivity contribution < 1.29 is 9.53 Å². The molecule has 0 radical (unpaired) electrons. The summed E-state index contributed by atoms with van der Waals surface area (Å²) in [6.45, 7) is 4.23. The van der Waals surface area contributed by atoms with Gasteiger partial charge in [0.15, 0.2) is 0 Å². The van der Waals surface area contributed by atoms with Crippen molar-refractivity contribution in [2.24, 2.45) is 5.92 Å². The molecule has 1 heterocycles. The Morgan fingerprint density at radius 3 is 2.81 bits per heavy atom. The number of likely N-dealkylation sites (tertiary alicyclic amines) is 1. The van der Waals surface area contributed by atoms with Crippen molar-refractivity contribution in [3.05, 3.63) is 24.3 Å². The molecule has 21 heavy (non-hydrogen) atoms. The number of nitrogen functional groups attached to an aromatic ring is 1. The van der Waals surface area contributed by atoms with Gasteiger partial charge in [-0.15, -0.1) is 0 Å². The summed E-state index contributed by atoms with van der Waals surface area (Å²) in [5, 5.41) is 0. The van der Waals surface area contributed by atoms with E-state index in [1.54, 1.807) is 6.07 Å². The van der Waals surface area contributed by atoms with Gasteiger partial charge in [0.2, 0.25) is 5.91 Å². The Morgan fingerprint density at radius 1 is 1.43 bits per heavy atom. The molecule has 1 aliphatic rings. The Morgan fingerprint density at radius 2 is 2.19 bits per heavy atom. The highest BCUT2D eigenvalue weighted by Crippen LogP contribution is 2.21. The maximum Gasteiger partial charge on any atom is 0.226 e. The Bertz CT molecular complexity index is 490. The molecule has 1 fully saturated rings. The van der Waals surface area contributed by atoms with E-state index in [-0.39, 0.29) is 5.91 Å². The second kappa shape index (κ2) is 6.80. The van der Waals surface area contributed by atoms with E-state index >= 15 is 0 Å². The van der Waals surface area contributed by atoms with Gasteiger partial charge in [-0.25, -0.2) is 0 Å². The molecular weight excluding hydrogens is 266 g/mol. The minimum atomic E-state index is 0.162.